The Morgan fingerprint density at radius 3 is 2.56 bits per heavy atom. The van der Waals surface area contributed by atoms with Gasteiger partial charge in [0.05, 0.1) is 0 Å². The zero-order chi connectivity index (χ0) is 19.1. The highest BCUT2D eigenvalue weighted by Gasteiger charge is 2.26. The van der Waals surface area contributed by atoms with Gasteiger partial charge in [0.2, 0.25) is 5.95 Å². The zero-order valence-corrected chi connectivity index (χ0v) is 16.1. The van der Waals surface area contributed by atoms with Gasteiger partial charge in [-0.15, -0.1) is 0 Å². The highest BCUT2D eigenvalue weighted by molar-refractivity contribution is 5.77. The van der Waals surface area contributed by atoms with E-state index in [0.29, 0.717) is 23.6 Å². The number of rotatable bonds is 4. The lowest BCUT2D eigenvalue weighted by atomic mass is 10.1. The molecule has 7 heteroatoms. The number of fused-ring (bicyclic) bond motifs is 3. The van der Waals surface area contributed by atoms with Crippen molar-refractivity contribution in [2.24, 2.45) is 13.0 Å². The van der Waals surface area contributed by atoms with Crippen LogP contribution in [0.2, 0.25) is 0 Å². The molecule has 0 bridgehead atoms. The Morgan fingerprint density at radius 2 is 1.85 bits per heavy atom. The molecule has 0 N–H and O–H groups in total. The van der Waals surface area contributed by atoms with Crippen molar-refractivity contribution in [3.05, 3.63) is 51.2 Å². The first-order chi connectivity index (χ1) is 13.0. The molecule has 0 saturated heterocycles. The summed E-state index contributed by atoms with van der Waals surface area (Å²) in [4.78, 5) is 32.7. The number of nitrogens with zero attached hydrogens (tertiary/aromatic N) is 5. The van der Waals surface area contributed by atoms with Crippen LogP contribution in [-0.4, -0.2) is 25.2 Å². The van der Waals surface area contributed by atoms with E-state index in [1.807, 2.05) is 34.9 Å². The first kappa shape index (κ1) is 17.6. The van der Waals surface area contributed by atoms with Crippen LogP contribution in [0.5, 0.6) is 0 Å². The molecule has 4 rings (SSSR count). The quantitative estimate of drug-likeness (QED) is 0.711. The van der Waals surface area contributed by atoms with E-state index >= 15 is 0 Å². The smallest absolute Gasteiger partial charge is 0.312 e. The van der Waals surface area contributed by atoms with E-state index in [9.17, 15) is 9.59 Å². The van der Waals surface area contributed by atoms with E-state index in [1.54, 1.807) is 7.05 Å². The lowest BCUT2D eigenvalue weighted by Gasteiger charge is -2.28. The van der Waals surface area contributed by atoms with Gasteiger partial charge in [0.25, 0.3) is 5.56 Å². The average molecular weight is 367 g/mol. The summed E-state index contributed by atoms with van der Waals surface area (Å²) >= 11 is 0. The zero-order valence-electron chi connectivity index (χ0n) is 16.1. The lowest BCUT2D eigenvalue weighted by Crippen LogP contribution is -2.40. The number of benzene rings is 1. The molecule has 2 aromatic heterocycles. The van der Waals surface area contributed by atoms with Crippen molar-refractivity contribution in [2.75, 3.05) is 11.4 Å². The fraction of sp³-hybridized carbons (Fsp3) is 0.450. The summed E-state index contributed by atoms with van der Waals surface area (Å²) in [6.07, 6.45) is 1.71. The number of hydrogen-bond donors (Lipinski definition) is 0. The van der Waals surface area contributed by atoms with E-state index in [1.165, 1.54) is 9.13 Å². The summed E-state index contributed by atoms with van der Waals surface area (Å²) in [7, 11) is 1.70. The van der Waals surface area contributed by atoms with E-state index in [-0.39, 0.29) is 11.2 Å². The van der Waals surface area contributed by atoms with Crippen LogP contribution in [0.4, 0.5) is 11.6 Å². The number of hydrogen-bond acceptors (Lipinski definition) is 4. The number of anilines is 2. The molecule has 0 radical (unpaired) electrons. The van der Waals surface area contributed by atoms with Crippen molar-refractivity contribution in [1.82, 2.24) is 18.7 Å². The van der Waals surface area contributed by atoms with Gasteiger partial charge in [-0.3, -0.25) is 13.9 Å². The third-order valence-electron chi connectivity index (χ3n) is 5.22. The topological polar surface area (TPSA) is 65.1 Å². The van der Waals surface area contributed by atoms with Crippen molar-refractivity contribution in [3.8, 4) is 0 Å². The lowest BCUT2D eigenvalue weighted by molar-refractivity contribution is 0.487. The van der Waals surface area contributed by atoms with Gasteiger partial charge in [0.1, 0.15) is 0 Å². The molecular formula is C20H25N5O2. The van der Waals surface area contributed by atoms with E-state index in [2.05, 4.69) is 18.7 Å². The third kappa shape index (κ3) is 2.87. The first-order valence-corrected chi connectivity index (χ1v) is 9.51. The monoisotopic (exact) mass is 367 g/mol. The molecule has 3 heterocycles. The van der Waals surface area contributed by atoms with Gasteiger partial charge in [-0.2, -0.15) is 4.98 Å². The molecular weight excluding hydrogens is 342 g/mol. The number of aryl methyl sites for hydroxylation is 2. The molecule has 1 aromatic carbocycles. The second-order valence-electron chi connectivity index (χ2n) is 7.56. The fourth-order valence-electron chi connectivity index (χ4n) is 3.70. The summed E-state index contributed by atoms with van der Waals surface area (Å²) < 4.78 is 4.84. The largest absolute Gasteiger partial charge is 0.332 e. The average Bonchev–Trinajstić information content (AvgIpc) is 3.06. The summed E-state index contributed by atoms with van der Waals surface area (Å²) in [5.41, 5.74) is 1.50. The van der Waals surface area contributed by atoms with Crippen molar-refractivity contribution in [1.29, 1.82) is 0 Å². The van der Waals surface area contributed by atoms with Gasteiger partial charge in [0.15, 0.2) is 11.2 Å². The Morgan fingerprint density at radius 1 is 1.11 bits per heavy atom. The van der Waals surface area contributed by atoms with Crippen molar-refractivity contribution >= 4 is 22.8 Å². The molecule has 0 fully saturated rings. The summed E-state index contributed by atoms with van der Waals surface area (Å²) in [5, 5.41) is 0. The molecule has 0 unspecified atom stereocenters. The van der Waals surface area contributed by atoms with Gasteiger partial charge in [0, 0.05) is 32.4 Å². The van der Waals surface area contributed by atoms with Crippen molar-refractivity contribution in [3.63, 3.8) is 0 Å². The second kappa shape index (κ2) is 6.72. The van der Waals surface area contributed by atoms with Gasteiger partial charge < -0.3 is 9.47 Å². The minimum atomic E-state index is -0.296. The van der Waals surface area contributed by atoms with E-state index in [0.717, 1.165) is 37.6 Å². The first-order valence-electron chi connectivity index (χ1n) is 9.51. The Balaban J connectivity index is 1.93. The summed E-state index contributed by atoms with van der Waals surface area (Å²) in [5.74, 6) is 1.15. The Kier molecular flexibility index (Phi) is 4.37. The normalized spacial score (nSPS) is 14.1. The molecule has 0 amide bonds. The maximum Gasteiger partial charge on any atom is 0.332 e. The third-order valence-corrected chi connectivity index (χ3v) is 5.22. The summed E-state index contributed by atoms with van der Waals surface area (Å²) in [6, 6.07) is 10.0. The van der Waals surface area contributed by atoms with Crippen LogP contribution in [0.15, 0.2) is 39.9 Å². The molecule has 142 valence electrons. The van der Waals surface area contributed by atoms with Gasteiger partial charge in [-0.1, -0.05) is 32.0 Å². The second-order valence-corrected chi connectivity index (χ2v) is 7.56. The van der Waals surface area contributed by atoms with Crippen molar-refractivity contribution < 1.29 is 0 Å². The molecule has 7 nitrogen and oxygen atoms in total. The van der Waals surface area contributed by atoms with E-state index < -0.39 is 0 Å². The SMILES string of the molecule is CC(C)CCn1c(=O)c2c(nc3n2CCCN3c2ccccc2)n(C)c1=O. The maximum atomic E-state index is 13.2. The standard InChI is InChI=1S/C20H25N5O2/c1-14(2)10-13-25-18(26)16-17(22(3)20(25)27)21-19-23(11-7-12-24(16)19)15-8-5-4-6-9-15/h4-6,8-9,14H,7,10-13H2,1-3H3. The number of para-hydroxylation sites is 1. The molecule has 1 aliphatic heterocycles. The molecule has 0 atom stereocenters. The van der Waals surface area contributed by atoms with E-state index in [4.69, 9.17) is 4.98 Å². The van der Waals surface area contributed by atoms with Crippen LogP contribution in [0.25, 0.3) is 11.2 Å². The number of aromatic nitrogens is 4. The van der Waals surface area contributed by atoms with Crippen LogP contribution in [-0.2, 0) is 20.1 Å². The van der Waals surface area contributed by atoms with Gasteiger partial charge >= 0.3 is 5.69 Å². The predicted octanol–water partition coefficient (Wildman–Crippen LogP) is 2.48. The van der Waals surface area contributed by atoms with Crippen LogP contribution >= 0.6 is 0 Å². The van der Waals surface area contributed by atoms with Crippen LogP contribution in [0.1, 0.15) is 26.7 Å². The molecule has 0 saturated carbocycles. The van der Waals surface area contributed by atoms with Gasteiger partial charge in [-0.25, -0.2) is 4.79 Å². The molecule has 27 heavy (non-hydrogen) atoms. The Bertz CT molecular complexity index is 1090. The fourth-order valence-corrected chi connectivity index (χ4v) is 3.70. The minimum Gasteiger partial charge on any atom is -0.312 e. The highest BCUT2D eigenvalue weighted by Crippen LogP contribution is 2.30. The van der Waals surface area contributed by atoms with Crippen molar-refractivity contribution in [2.45, 2.75) is 39.8 Å². The predicted molar refractivity (Wildman–Crippen MR) is 107 cm³/mol. The molecule has 3 aromatic rings. The van der Waals surface area contributed by atoms with Crippen LogP contribution in [0.3, 0.4) is 0 Å². The van der Waals surface area contributed by atoms with Crippen LogP contribution in [0, 0.1) is 5.92 Å². The number of imidazole rings is 1. The van der Waals surface area contributed by atoms with Crippen LogP contribution < -0.4 is 16.1 Å². The Hall–Kier alpha value is -2.83. The minimum absolute atomic E-state index is 0.234. The van der Waals surface area contributed by atoms with Gasteiger partial charge in [-0.05, 0) is 30.9 Å². The molecule has 1 aliphatic rings. The molecule has 0 spiro atoms. The molecule has 0 aliphatic carbocycles. The Labute approximate surface area is 157 Å². The highest BCUT2D eigenvalue weighted by atomic mass is 16.2. The maximum absolute atomic E-state index is 13.2. The summed E-state index contributed by atoms with van der Waals surface area (Å²) in [6.45, 7) is 6.18.